The summed E-state index contributed by atoms with van der Waals surface area (Å²) in [5.74, 6) is 0. The lowest BCUT2D eigenvalue weighted by molar-refractivity contribution is 0.537. The molecule has 0 aromatic heterocycles. The van der Waals surface area contributed by atoms with Gasteiger partial charge in [-0.25, -0.2) is 0 Å². The highest BCUT2D eigenvalue weighted by atomic mass is 32.2. The number of rotatable bonds is 3. The molecule has 1 aromatic rings. The minimum atomic E-state index is -2.12. The molecule has 0 N–H and O–H groups in total. The molecule has 0 aliphatic carbocycles. The molecule has 1 rings (SSSR count). The Labute approximate surface area is 80.6 Å². The van der Waals surface area contributed by atoms with Gasteiger partial charge in [0.05, 0.1) is 0 Å². The van der Waals surface area contributed by atoms with Crippen molar-refractivity contribution in [1.82, 2.24) is 0 Å². The van der Waals surface area contributed by atoms with Crippen molar-refractivity contribution in [2.24, 2.45) is 0 Å². The first-order chi connectivity index (χ1) is 6.24. The van der Waals surface area contributed by atoms with Crippen molar-refractivity contribution < 1.29 is 8.76 Å². The molecular weight excluding hydrogens is 184 g/mol. The number of hydrogen-bond donors (Lipinski definition) is 0. The maximum atomic E-state index is 10.5. The average Bonchev–Trinajstić information content (AvgIpc) is 2.15. The lowest BCUT2D eigenvalue weighted by Crippen LogP contribution is -1.87. The van der Waals surface area contributed by atoms with Crippen molar-refractivity contribution in [3.05, 3.63) is 35.9 Å². The SMILES string of the molecule is CC/C=C/c1ccc(S(=O)[O-])cc1. The van der Waals surface area contributed by atoms with Crippen molar-refractivity contribution in [2.45, 2.75) is 18.2 Å². The summed E-state index contributed by atoms with van der Waals surface area (Å²) < 4.78 is 21.0. The van der Waals surface area contributed by atoms with Crippen LogP contribution in [0.3, 0.4) is 0 Å². The van der Waals surface area contributed by atoms with Crippen LogP contribution < -0.4 is 0 Å². The van der Waals surface area contributed by atoms with Gasteiger partial charge >= 0.3 is 0 Å². The van der Waals surface area contributed by atoms with E-state index in [0.29, 0.717) is 4.90 Å². The largest absolute Gasteiger partial charge is 0.768 e. The molecule has 2 nitrogen and oxygen atoms in total. The van der Waals surface area contributed by atoms with Gasteiger partial charge in [-0.2, -0.15) is 0 Å². The monoisotopic (exact) mass is 195 g/mol. The zero-order valence-corrected chi connectivity index (χ0v) is 8.21. The van der Waals surface area contributed by atoms with E-state index in [4.69, 9.17) is 0 Å². The molecule has 0 saturated heterocycles. The summed E-state index contributed by atoms with van der Waals surface area (Å²) in [7, 11) is 0. The van der Waals surface area contributed by atoms with Crippen LogP contribution >= 0.6 is 0 Å². The van der Waals surface area contributed by atoms with Crippen LogP contribution in [0.1, 0.15) is 18.9 Å². The van der Waals surface area contributed by atoms with Crippen molar-refractivity contribution in [3.63, 3.8) is 0 Å². The molecule has 0 bridgehead atoms. The normalized spacial score (nSPS) is 13.4. The highest BCUT2D eigenvalue weighted by Gasteiger charge is 1.90. The predicted molar refractivity (Wildman–Crippen MR) is 53.0 cm³/mol. The van der Waals surface area contributed by atoms with Gasteiger partial charge in [0.25, 0.3) is 0 Å². The van der Waals surface area contributed by atoms with Crippen molar-refractivity contribution in [3.8, 4) is 0 Å². The summed E-state index contributed by atoms with van der Waals surface area (Å²) in [6, 6.07) is 6.77. The third-order valence-corrected chi connectivity index (χ3v) is 2.28. The van der Waals surface area contributed by atoms with Crippen LogP contribution in [0.5, 0.6) is 0 Å². The van der Waals surface area contributed by atoms with Crippen LogP contribution in [-0.4, -0.2) is 8.76 Å². The smallest absolute Gasteiger partial charge is 0.0249 e. The Kier molecular flexibility index (Phi) is 3.86. The molecule has 0 heterocycles. The Balaban J connectivity index is 2.81. The van der Waals surface area contributed by atoms with Crippen LogP contribution in [0.25, 0.3) is 6.08 Å². The van der Waals surface area contributed by atoms with Gasteiger partial charge in [-0.3, -0.25) is 4.21 Å². The Bertz CT molecular complexity index is 314. The summed E-state index contributed by atoms with van der Waals surface area (Å²) in [4.78, 5) is 0.327. The molecule has 0 radical (unpaired) electrons. The molecule has 0 aliphatic heterocycles. The van der Waals surface area contributed by atoms with Crippen molar-refractivity contribution in [1.29, 1.82) is 0 Å². The van der Waals surface area contributed by atoms with E-state index in [-0.39, 0.29) is 0 Å². The van der Waals surface area contributed by atoms with Gasteiger partial charge in [0.15, 0.2) is 0 Å². The molecule has 1 aromatic carbocycles. The Hall–Kier alpha value is -0.930. The zero-order chi connectivity index (χ0) is 9.68. The first-order valence-electron chi connectivity index (χ1n) is 4.10. The lowest BCUT2D eigenvalue weighted by Gasteiger charge is -2.03. The molecule has 0 saturated carbocycles. The number of benzene rings is 1. The van der Waals surface area contributed by atoms with Crippen molar-refractivity contribution >= 4 is 17.2 Å². The van der Waals surface area contributed by atoms with E-state index in [1.165, 1.54) is 0 Å². The Morgan fingerprint density at radius 3 is 2.46 bits per heavy atom. The minimum Gasteiger partial charge on any atom is -0.768 e. The Morgan fingerprint density at radius 1 is 1.38 bits per heavy atom. The number of hydrogen-bond acceptors (Lipinski definition) is 2. The van der Waals surface area contributed by atoms with Gasteiger partial charge in [-0.05, 0) is 35.2 Å². The van der Waals surface area contributed by atoms with Crippen LogP contribution in [0.4, 0.5) is 0 Å². The summed E-state index contributed by atoms with van der Waals surface area (Å²) in [5, 5.41) is 0. The first kappa shape index (κ1) is 10.2. The van der Waals surface area contributed by atoms with E-state index in [9.17, 15) is 8.76 Å². The molecular formula is C10H11O2S-. The fourth-order valence-corrected chi connectivity index (χ4v) is 1.30. The second-order valence-corrected chi connectivity index (χ2v) is 3.56. The van der Waals surface area contributed by atoms with E-state index >= 15 is 0 Å². The van der Waals surface area contributed by atoms with Crippen molar-refractivity contribution in [2.75, 3.05) is 0 Å². The molecule has 70 valence electrons. The predicted octanol–water partition coefficient (Wildman–Crippen LogP) is 2.35. The molecule has 0 aliphatic rings. The van der Waals surface area contributed by atoms with Gasteiger partial charge in [0.2, 0.25) is 0 Å². The molecule has 0 fully saturated rings. The van der Waals surface area contributed by atoms with E-state index in [1.807, 2.05) is 12.2 Å². The van der Waals surface area contributed by atoms with E-state index in [1.54, 1.807) is 24.3 Å². The second kappa shape index (κ2) is 4.94. The van der Waals surface area contributed by atoms with E-state index in [2.05, 4.69) is 6.92 Å². The van der Waals surface area contributed by atoms with Gasteiger partial charge < -0.3 is 4.55 Å². The maximum absolute atomic E-state index is 10.5. The summed E-state index contributed by atoms with van der Waals surface area (Å²) >= 11 is -2.12. The quantitative estimate of drug-likeness (QED) is 0.694. The molecule has 1 atom stereocenters. The van der Waals surface area contributed by atoms with Crippen LogP contribution in [0, 0.1) is 0 Å². The fraction of sp³-hybridized carbons (Fsp3) is 0.200. The average molecular weight is 195 g/mol. The van der Waals surface area contributed by atoms with Crippen LogP contribution in [-0.2, 0) is 11.1 Å². The third-order valence-electron chi connectivity index (χ3n) is 1.62. The van der Waals surface area contributed by atoms with Crippen LogP contribution in [0.2, 0.25) is 0 Å². The fourth-order valence-electron chi connectivity index (χ4n) is 0.944. The zero-order valence-electron chi connectivity index (χ0n) is 7.40. The summed E-state index contributed by atoms with van der Waals surface area (Å²) in [6.45, 7) is 2.05. The standard InChI is InChI=1S/C10H12O2S/c1-2-3-4-9-5-7-10(8-6-9)13(11)12/h3-8H,2H2,1H3,(H,11,12)/p-1/b4-3+. The molecule has 0 amide bonds. The maximum Gasteiger partial charge on any atom is 0.0249 e. The van der Waals surface area contributed by atoms with E-state index in [0.717, 1.165) is 12.0 Å². The number of allylic oxidation sites excluding steroid dienone is 1. The second-order valence-electron chi connectivity index (χ2n) is 2.61. The Morgan fingerprint density at radius 2 is 2.00 bits per heavy atom. The summed E-state index contributed by atoms with van der Waals surface area (Å²) in [5.41, 5.74) is 1.02. The highest BCUT2D eigenvalue weighted by Crippen LogP contribution is 2.08. The van der Waals surface area contributed by atoms with Gasteiger partial charge in [0.1, 0.15) is 0 Å². The van der Waals surface area contributed by atoms with Gasteiger partial charge in [-0.1, -0.05) is 31.2 Å². The topological polar surface area (TPSA) is 40.1 Å². The molecule has 3 heteroatoms. The van der Waals surface area contributed by atoms with Crippen LogP contribution in [0.15, 0.2) is 35.2 Å². The third kappa shape index (κ3) is 3.13. The first-order valence-corrected chi connectivity index (χ1v) is 5.17. The highest BCUT2D eigenvalue weighted by molar-refractivity contribution is 7.79. The summed E-state index contributed by atoms with van der Waals surface area (Å²) in [6.07, 6.45) is 4.98. The lowest BCUT2D eigenvalue weighted by atomic mass is 10.2. The molecule has 1 unspecified atom stereocenters. The molecule has 13 heavy (non-hydrogen) atoms. The minimum absolute atomic E-state index is 0.327. The van der Waals surface area contributed by atoms with Gasteiger partial charge in [-0.15, -0.1) is 0 Å². The molecule has 0 spiro atoms. The van der Waals surface area contributed by atoms with Gasteiger partial charge in [0, 0.05) is 4.90 Å². The van der Waals surface area contributed by atoms with E-state index < -0.39 is 11.1 Å².